The van der Waals surface area contributed by atoms with Crippen molar-refractivity contribution in [2.45, 2.75) is 12.4 Å². The summed E-state index contributed by atoms with van der Waals surface area (Å²) in [5.74, 6) is 1.50. The van der Waals surface area contributed by atoms with Gasteiger partial charge in [-0.3, -0.25) is 0 Å². The van der Waals surface area contributed by atoms with Crippen molar-refractivity contribution in [1.82, 2.24) is 24.9 Å². The van der Waals surface area contributed by atoms with E-state index in [2.05, 4.69) is 30.2 Å². The topological polar surface area (TPSA) is 146 Å². The van der Waals surface area contributed by atoms with Crippen LogP contribution in [-0.4, -0.2) is 39.6 Å². The summed E-state index contributed by atoms with van der Waals surface area (Å²) >= 11 is 6.09. The first kappa shape index (κ1) is 18.3. The summed E-state index contributed by atoms with van der Waals surface area (Å²) in [6.45, 7) is 1.69. The molecule has 12 heteroatoms. The van der Waals surface area contributed by atoms with Gasteiger partial charge in [-0.2, -0.15) is 9.97 Å². The number of halogens is 1. The quantitative estimate of drug-likeness (QED) is 0.643. The van der Waals surface area contributed by atoms with Crippen LogP contribution in [-0.2, 0) is 9.84 Å². The van der Waals surface area contributed by atoms with Gasteiger partial charge in [0.15, 0.2) is 15.7 Å². The van der Waals surface area contributed by atoms with Crippen LogP contribution < -0.4 is 15.8 Å². The molecule has 1 atom stereocenters. The number of sulfone groups is 1. The number of pyridine rings is 2. The van der Waals surface area contributed by atoms with Crippen LogP contribution in [0.4, 0.5) is 17.5 Å². The summed E-state index contributed by atoms with van der Waals surface area (Å²) in [6, 6.07) is 3.28. The zero-order valence-electron chi connectivity index (χ0n) is 14.7. The third-order valence-corrected chi connectivity index (χ3v) is 5.20. The smallest absolute Gasteiger partial charge is 0.230 e. The Balaban J connectivity index is 1.73. The van der Waals surface area contributed by atoms with Crippen molar-refractivity contribution >= 4 is 38.9 Å². The number of ether oxygens (including phenoxy) is 1. The fraction of sp³-hybridized carbons (Fsp3) is 0.188. The molecular formula is C16H14ClN7O3S. The Morgan fingerprint density at radius 1 is 1.18 bits per heavy atom. The lowest BCUT2D eigenvalue weighted by Gasteiger charge is -2.28. The van der Waals surface area contributed by atoms with E-state index in [-0.39, 0.29) is 11.8 Å². The van der Waals surface area contributed by atoms with Crippen LogP contribution >= 0.6 is 11.6 Å². The van der Waals surface area contributed by atoms with Gasteiger partial charge in [0.25, 0.3) is 0 Å². The molecular weight excluding hydrogens is 406 g/mol. The molecule has 3 N–H and O–H groups in total. The second-order valence-corrected chi connectivity index (χ2v) is 8.66. The largest absolute Gasteiger partial charge is 0.452 e. The molecule has 4 rings (SSSR count). The maximum atomic E-state index is 11.8. The number of anilines is 3. The highest BCUT2D eigenvalue weighted by Crippen LogP contribution is 2.42. The van der Waals surface area contributed by atoms with E-state index in [0.717, 1.165) is 6.26 Å². The maximum Gasteiger partial charge on any atom is 0.230 e. The second kappa shape index (κ2) is 6.53. The summed E-state index contributed by atoms with van der Waals surface area (Å²) in [4.78, 5) is 20.8. The van der Waals surface area contributed by atoms with Gasteiger partial charge in [-0.25, -0.2) is 23.4 Å². The Morgan fingerprint density at radius 3 is 2.68 bits per heavy atom. The van der Waals surface area contributed by atoms with Gasteiger partial charge in [0, 0.05) is 12.5 Å². The first-order valence-electron chi connectivity index (χ1n) is 7.97. The van der Waals surface area contributed by atoms with E-state index in [1.807, 2.05) is 0 Å². The normalized spacial score (nSPS) is 15.3. The minimum Gasteiger partial charge on any atom is -0.452 e. The summed E-state index contributed by atoms with van der Waals surface area (Å²) < 4.78 is 28.7. The molecule has 0 saturated heterocycles. The van der Waals surface area contributed by atoms with Crippen molar-refractivity contribution in [3.63, 3.8) is 0 Å². The number of nitrogens with two attached hydrogens (primary N) is 1. The number of nitrogens with one attached hydrogen (secondary N) is 1. The van der Waals surface area contributed by atoms with Crippen LogP contribution in [0.1, 0.15) is 16.8 Å². The van der Waals surface area contributed by atoms with Crippen LogP contribution in [0.15, 0.2) is 24.5 Å². The predicted molar refractivity (Wildman–Crippen MR) is 103 cm³/mol. The molecule has 1 unspecified atom stereocenters. The molecule has 0 fully saturated rings. The SMILES string of the molecule is Cc1nc(N)nc(-c2cc(Cl)cnc2Nc2cnc3c(c2)C(S(C)(=O)=O)O3)n1. The van der Waals surface area contributed by atoms with Crippen molar-refractivity contribution < 1.29 is 13.2 Å². The number of hydrogen-bond acceptors (Lipinski definition) is 10. The molecule has 0 saturated carbocycles. The summed E-state index contributed by atoms with van der Waals surface area (Å²) in [5.41, 5.74) is 6.19. The van der Waals surface area contributed by atoms with Crippen molar-refractivity contribution in [3.05, 3.63) is 40.9 Å². The third kappa shape index (κ3) is 3.41. The number of nitrogens with zero attached hydrogens (tertiary/aromatic N) is 5. The van der Waals surface area contributed by atoms with Gasteiger partial charge in [0.05, 0.1) is 28.0 Å². The molecule has 0 aromatic carbocycles. The summed E-state index contributed by atoms with van der Waals surface area (Å²) in [6.07, 6.45) is 4.07. The molecule has 4 heterocycles. The third-order valence-electron chi connectivity index (χ3n) is 3.86. The van der Waals surface area contributed by atoms with Crippen molar-refractivity contribution in [1.29, 1.82) is 0 Å². The Labute approximate surface area is 165 Å². The number of aryl methyl sites for hydroxylation is 1. The van der Waals surface area contributed by atoms with Gasteiger partial charge in [-0.05, 0) is 19.1 Å². The van der Waals surface area contributed by atoms with Crippen molar-refractivity contribution in [2.24, 2.45) is 0 Å². The molecule has 0 amide bonds. The van der Waals surface area contributed by atoms with E-state index >= 15 is 0 Å². The van der Waals surface area contributed by atoms with Gasteiger partial charge < -0.3 is 15.8 Å². The molecule has 0 spiro atoms. The fourth-order valence-corrected chi connectivity index (χ4v) is 3.75. The van der Waals surface area contributed by atoms with Gasteiger partial charge in [0.1, 0.15) is 11.6 Å². The van der Waals surface area contributed by atoms with E-state index in [9.17, 15) is 8.42 Å². The van der Waals surface area contributed by atoms with Crippen LogP contribution in [0.2, 0.25) is 5.02 Å². The highest BCUT2D eigenvalue weighted by molar-refractivity contribution is 7.90. The highest BCUT2D eigenvalue weighted by Gasteiger charge is 2.38. The Morgan fingerprint density at radius 2 is 1.96 bits per heavy atom. The van der Waals surface area contributed by atoms with Crippen LogP contribution in [0, 0.1) is 6.92 Å². The van der Waals surface area contributed by atoms with E-state index < -0.39 is 15.3 Å². The van der Waals surface area contributed by atoms with Gasteiger partial charge in [-0.1, -0.05) is 11.6 Å². The first-order chi connectivity index (χ1) is 13.2. The Kier molecular flexibility index (Phi) is 4.27. The van der Waals surface area contributed by atoms with Gasteiger partial charge >= 0.3 is 0 Å². The predicted octanol–water partition coefficient (Wildman–Crippen LogP) is 2.05. The van der Waals surface area contributed by atoms with Crippen LogP contribution in [0.25, 0.3) is 11.4 Å². The lowest BCUT2D eigenvalue weighted by Crippen LogP contribution is -2.27. The lowest BCUT2D eigenvalue weighted by atomic mass is 10.2. The monoisotopic (exact) mass is 419 g/mol. The number of fused-ring (bicyclic) bond motifs is 1. The first-order valence-corrected chi connectivity index (χ1v) is 10.3. The number of rotatable bonds is 4. The molecule has 0 radical (unpaired) electrons. The maximum absolute atomic E-state index is 11.8. The lowest BCUT2D eigenvalue weighted by molar-refractivity contribution is 0.207. The Hall–Kier alpha value is -3.05. The molecule has 1 aliphatic heterocycles. The molecule has 0 aliphatic carbocycles. The summed E-state index contributed by atoms with van der Waals surface area (Å²) in [7, 11) is -3.40. The molecule has 1 aliphatic rings. The molecule has 28 heavy (non-hydrogen) atoms. The van der Waals surface area contributed by atoms with Crippen LogP contribution in [0.3, 0.4) is 0 Å². The average Bonchev–Trinajstić information content (AvgIpc) is 2.56. The molecule has 3 aromatic heterocycles. The zero-order valence-corrected chi connectivity index (χ0v) is 16.3. The Bertz CT molecular complexity index is 1180. The molecule has 10 nitrogen and oxygen atoms in total. The van der Waals surface area contributed by atoms with E-state index in [0.29, 0.717) is 39.3 Å². The van der Waals surface area contributed by atoms with Crippen molar-refractivity contribution in [3.8, 4) is 17.3 Å². The zero-order chi connectivity index (χ0) is 20.1. The molecule has 3 aromatic rings. The second-order valence-electron chi connectivity index (χ2n) is 6.14. The minimum absolute atomic E-state index is 0.0734. The van der Waals surface area contributed by atoms with Gasteiger partial charge in [0.2, 0.25) is 17.3 Å². The van der Waals surface area contributed by atoms with E-state index in [1.54, 1.807) is 19.1 Å². The van der Waals surface area contributed by atoms with Crippen molar-refractivity contribution in [2.75, 3.05) is 17.3 Å². The van der Waals surface area contributed by atoms with E-state index in [4.69, 9.17) is 22.1 Å². The number of aromatic nitrogens is 5. The standard InChI is InChI=1S/C16H14ClN7O3S/c1-7-21-13(24-16(18)22-7)10-3-8(17)5-19-12(10)23-9-4-11-14(20-6-9)27-15(11)28(2,25)26/h3-6,15H,1-2H3,(H,19,23)(H2,18,21,22,24). The molecule has 144 valence electrons. The minimum atomic E-state index is -3.40. The average molecular weight is 420 g/mol. The van der Waals surface area contributed by atoms with Crippen LogP contribution in [0.5, 0.6) is 5.88 Å². The number of nitrogen functional groups attached to an aromatic ring is 1. The van der Waals surface area contributed by atoms with E-state index in [1.165, 1.54) is 12.4 Å². The summed E-state index contributed by atoms with van der Waals surface area (Å²) in [5, 5.41) is 3.47. The highest BCUT2D eigenvalue weighted by atomic mass is 35.5. The number of hydrogen-bond donors (Lipinski definition) is 2. The fourth-order valence-electron chi connectivity index (χ4n) is 2.70. The molecule has 0 bridgehead atoms. The van der Waals surface area contributed by atoms with Gasteiger partial charge in [-0.15, -0.1) is 0 Å².